The lowest BCUT2D eigenvalue weighted by atomic mass is 10.1. The number of carbonyl (C=O) groups is 1. The van der Waals surface area contributed by atoms with E-state index in [1.807, 2.05) is 0 Å². The Balaban J connectivity index is 1.83. The van der Waals surface area contributed by atoms with Gasteiger partial charge in [0, 0.05) is 18.0 Å². The summed E-state index contributed by atoms with van der Waals surface area (Å²) in [6, 6.07) is 4.73. The number of rotatable bonds is 9. The number of aromatic nitrogens is 1. The zero-order chi connectivity index (χ0) is 22.4. The van der Waals surface area contributed by atoms with Gasteiger partial charge in [-0.25, -0.2) is 18.1 Å². The van der Waals surface area contributed by atoms with Crippen LogP contribution < -0.4 is 10.0 Å². The van der Waals surface area contributed by atoms with Crippen molar-refractivity contribution in [3.63, 3.8) is 0 Å². The van der Waals surface area contributed by atoms with Crippen LogP contribution in [0.5, 0.6) is 0 Å². The van der Waals surface area contributed by atoms with Gasteiger partial charge >= 0.3 is 0 Å². The van der Waals surface area contributed by atoms with E-state index in [4.69, 9.17) is 14.7 Å². The number of nitrogens with one attached hydrogen (secondary N) is 2. The van der Waals surface area contributed by atoms with Gasteiger partial charge in [0.2, 0.25) is 10.0 Å². The highest BCUT2D eigenvalue weighted by Crippen LogP contribution is 2.18. The molecular formula is C18H21FN4O6S2. The molecule has 1 aromatic carbocycles. The summed E-state index contributed by atoms with van der Waals surface area (Å²) >= 11 is 0.652. The molecule has 0 spiro atoms. The quantitative estimate of drug-likeness (QED) is 0.367. The van der Waals surface area contributed by atoms with Crippen molar-refractivity contribution in [2.45, 2.75) is 30.4 Å². The van der Waals surface area contributed by atoms with E-state index in [2.05, 4.69) is 20.2 Å². The number of amides is 1. The van der Waals surface area contributed by atoms with Crippen LogP contribution >= 0.6 is 11.3 Å². The first-order valence-corrected chi connectivity index (χ1v) is 11.6. The topological polar surface area (TPSA) is 139 Å². The molecule has 2 heterocycles. The molecule has 0 unspecified atom stereocenters. The highest BCUT2D eigenvalue weighted by molar-refractivity contribution is 7.89. The number of benzene rings is 1. The van der Waals surface area contributed by atoms with Gasteiger partial charge in [-0.3, -0.25) is 10.1 Å². The van der Waals surface area contributed by atoms with E-state index in [0.717, 1.165) is 6.20 Å². The summed E-state index contributed by atoms with van der Waals surface area (Å²) in [4.78, 5) is 21.8. The number of carbonyl (C=O) groups excluding carboxylic acids is 1. The third kappa shape index (κ3) is 6.27. The fraction of sp³-hybridized carbons (Fsp3) is 0.389. The van der Waals surface area contributed by atoms with E-state index in [1.165, 1.54) is 31.2 Å². The van der Waals surface area contributed by atoms with Gasteiger partial charge in [0.05, 0.1) is 30.9 Å². The van der Waals surface area contributed by atoms with Crippen LogP contribution in [0.25, 0.3) is 0 Å². The molecule has 13 heteroatoms. The van der Waals surface area contributed by atoms with Crippen LogP contribution in [-0.2, 0) is 24.4 Å². The number of hydrogen-bond donors (Lipinski definition) is 3. The fourth-order valence-electron chi connectivity index (χ4n) is 2.58. The summed E-state index contributed by atoms with van der Waals surface area (Å²) in [5.74, 6) is -0.698. The Hall–Kier alpha value is -2.45. The lowest BCUT2D eigenvalue weighted by Crippen LogP contribution is -2.35. The number of aliphatic hydroxyl groups excluding tert-OH is 1. The molecule has 1 aliphatic rings. The standard InChI is InChI=1S/C18H21FN4O6S2/c1-11(9-24)23-31(26,27)14-4-2-12(3-5-14)16(22-29-13-6-7-28-10-13)17(25)21-18-20-8-15(19)30-18/h2-5,8,11,13,23-24H,6-7,9-10H2,1H3,(H,20,21,25)/t11-,13-/m1/s1. The van der Waals surface area contributed by atoms with Gasteiger partial charge in [0.1, 0.15) is 0 Å². The highest BCUT2D eigenvalue weighted by atomic mass is 32.2. The smallest absolute Gasteiger partial charge is 0.280 e. The second kappa shape index (κ2) is 10.2. The van der Waals surface area contributed by atoms with Crippen LogP contribution in [0.2, 0.25) is 0 Å². The molecule has 0 radical (unpaired) electrons. The first-order chi connectivity index (χ1) is 14.8. The molecule has 1 amide bonds. The largest absolute Gasteiger partial charge is 0.395 e. The first-order valence-electron chi connectivity index (χ1n) is 9.26. The Bertz CT molecular complexity index is 1040. The number of nitrogens with zero attached hydrogens (tertiary/aromatic N) is 2. The Morgan fingerprint density at radius 1 is 1.45 bits per heavy atom. The Morgan fingerprint density at radius 2 is 2.19 bits per heavy atom. The van der Waals surface area contributed by atoms with Crippen molar-refractivity contribution in [3.05, 3.63) is 41.2 Å². The second-order valence-electron chi connectivity index (χ2n) is 6.68. The molecule has 31 heavy (non-hydrogen) atoms. The molecule has 3 N–H and O–H groups in total. The van der Waals surface area contributed by atoms with Gasteiger partial charge < -0.3 is 14.7 Å². The van der Waals surface area contributed by atoms with Gasteiger partial charge in [0.25, 0.3) is 5.91 Å². The van der Waals surface area contributed by atoms with Crippen molar-refractivity contribution in [1.29, 1.82) is 0 Å². The molecule has 0 aliphatic carbocycles. The molecule has 1 aliphatic heterocycles. The Morgan fingerprint density at radius 3 is 2.77 bits per heavy atom. The summed E-state index contributed by atoms with van der Waals surface area (Å²) in [5.41, 5.74) is 0.144. The summed E-state index contributed by atoms with van der Waals surface area (Å²) < 4.78 is 45.4. The van der Waals surface area contributed by atoms with Crippen LogP contribution in [0.4, 0.5) is 9.52 Å². The lowest BCUT2D eigenvalue weighted by molar-refractivity contribution is -0.110. The molecule has 3 rings (SSSR count). The minimum Gasteiger partial charge on any atom is -0.395 e. The summed E-state index contributed by atoms with van der Waals surface area (Å²) in [6.07, 6.45) is 1.27. The van der Waals surface area contributed by atoms with Crippen LogP contribution in [0.1, 0.15) is 18.9 Å². The predicted octanol–water partition coefficient (Wildman–Crippen LogP) is 1.09. The van der Waals surface area contributed by atoms with Crippen molar-refractivity contribution in [3.8, 4) is 0 Å². The molecule has 168 valence electrons. The van der Waals surface area contributed by atoms with Crippen molar-refractivity contribution in [2.75, 3.05) is 25.1 Å². The average Bonchev–Trinajstić information content (AvgIpc) is 3.40. The minimum atomic E-state index is -3.85. The zero-order valence-corrected chi connectivity index (χ0v) is 18.1. The zero-order valence-electron chi connectivity index (χ0n) is 16.4. The number of hydrogen-bond acceptors (Lipinski definition) is 9. The van der Waals surface area contributed by atoms with Crippen LogP contribution in [0.3, 0.4) is 0 Å². The number of sulfonamides is 1. The predicted molar refractivity (Wildman–Crippen MR) is 111 cm³/mol. The maximum absolute atomic E-state index is 13.2. The molecular weight excluding hydrogens is 451 g/mol. The molecule has 1 fully saturated rings. The monoisotopic (exact) mass is 472 g/mol. The molecule has 0 bridgehead atoms. The molecule has 10 nitrogen and oxygen atoms in total. The number of oxime groups is 1. The number of ether oxygens (including phenoxy) is 1. The van der Waals surface area contributed by atoms with Crippen LogP contribution in [0, 0.1) is 5.13 Å². The SMILES string of the molecule is C[C@H](CO)NS(=O)(=O)c1ccc(C(=NO[C@@H]2CCOC2)C(=O)Nc2ncc(F)s2)cc1. The van der Waals surface area contributed by atoms with Gasteiger partial charge in [-0.2, -0.15) is 4.39 Å². The van der Waals surface area contributed by atoms with Gasteiger partial charge in [-0.05, 0) is 19.1 Å². The van der Waals surface area contributed by atoms with E-state index in [0.29, 0.717) is 31.0 Å². The fourth-order valence-corrected chi connectivity index (χ4v) is 4.35. The van der Waals surface area contributed by atoms with E-state index in [9.17, 15) is 17.6 Å². The molecule has 2 aromatic rings. The summed E-state index contributed by atoms with van der Waals surface area (Å²) in [7, 11) is -3.85. The summed E-state index contributed by atoms with van der Waals surface area (Å²) in [6.45, 7) is 2.02. The maximum Gasteiger partial charge on any atom is 0.280 e. The summed E-state index contributed by atoms with van der Waals surface area (Å²) in [5, 5.41) is 14.9. The number of thiazole rings is 1. The van der Waals surface area contributed by atoms with Crippen molar-refractivity contribution >= 4 is 38.1 Å². The molecule has 2 atom stereocenters. The van der Waals surface area contributed by atoms with Crippen molar-refractivity contribution in [2.24, 2.45) is 5.16 Å². The Labute approximate surface area is 182 Å². The van der Waals surface area contributed by atoms with Crippen LogP contribution in [-0.4, -0.2) is 62.1 Å². The molecule has 1 aromatic heterocycles. The van der Waals surface area contributed by atoms with Gasteiger partial charge in [-0.15, -0.1) is 0 Å². The second-order valence-corrected chi connectivity index (χ2v) is 9.38. The van der Waals surface area contributed by atoms with Gasteiger partial charge in [-0.1, -0.05) is 28.6 Å². The van der Waals surface area contributed by atoms with E-state index < -0.39 is 27.1 Å². The first kappa shape index (κ1) is 23.2. The van der Waals surface area contributed by atoms with Crippen molar-refractivity contribution < 1.29 is 32.3 Å². The number of halogens is 1. The minimum absolute atomic E-state index is 0.0424. The molecule has 1 saturated heterocycles. The number of aliphatic hydroxyl groups is 1. The highest BCUT2D eigenvalue weighted by Gasteiger charge is 2.22. The van der Waals surface area contributed by atoms with Gasteiger partial charge in [0.15, 0.2) is 22.1 Å². The Kier molecular flexibility index (Phi) is 7.67. The van der Waals surface area contributed by atoms with E-state index in [1.54, 1.807) is 0 Å². The van der Waals surface area contributed by atoms with E-state index >= 15 is 0 Å². The third-order valence-electron chi connectivity index (χ3n) is 4.16. The number of anilines is 1. The maximum atomic E-state index is 13.2. The normalized spacial score (nSPS) is 18.0. The van der Waals surface area contributed by atoms with Crippen LogP contribution in [0.15, 0.2) is 40.5 Å². The van der Waals surface area contributed by atoms with E-state index in [-0.39, 0.29) is 34.0 Å². The average molecular weight is 473 g/mol. The van der Waals surface area contributed by atoms with Crippen molar-refractivity contribution in [1.82, 2.24) is 9.71 Å². The third-order valence-corrected chi connectivity index (χ3v) is 6.47. The molecule has 0 saturated carbocycles. The lowest BCUT2D eigenvalue weighted by Gasteiger charge is -2.12.